The van der Waals surface area contributed by atoms with Crippen LogP contribution in [-0.4, -0.2) is 33.5 Å². The Morgan fingerprint density at radius 1 is 1.67 bits per heavy atom. The first-order valence-corrected chi connectivity index (χ1v) is 2.56. The van der Waals surface area contributed by atoms with Crippen molar-refractivity contribution in [2.24, 2.45) is 0 Å². The van der Waals surface area contributed by atoms with E-state index in [0.717, 1.165) is 0 Å². The Kier molecular flexibility index (Phi) is 5.15. The molecule has 0 aliphatic rings. The third-order valence-corrected chi connectivity index (χ3v) is 0.856. The normalized spacial score (nSPS) is 12.7. The molecule has 0 spiro atoms. The predicted octanol–water partition coefficient (Wildman–Crippen LogP) is -0.649. The van der Waals surface area contributed by atoms with Crippen LogP contribution in [0.15, 0.2) is 0 Å². The molecule has 9 heavy (non-hydrogen) atoms. The molecule has 1 atom stereocenters. The standard InChI is InChI=1S/C5H11NO3/c1-8-3-5(9-2)6-4-7/h4-5H,3H2,1-2H3,(H,6,7). The fraction of sp³-hybridized carbons (Fsp3) is 0.800. The van der Waals surface area contributed by atoms with Gasteiger partial charge in [-0.2, -0.15) is 0 Å². The van der Waals surface area contributed by atoms with Gasteiger partial charge in [0.15, 0.2) is 6.23 Å². The monoisotopic (exact) mass is 133 g/mol. The van der Waals surface area contributed by atoms with Gasteiger partial charge in [0.25, 0.3) is 0 Å². The highest BCUT2D eigenvalue weighted by Gasteiger charge is 2.01. The summed E-state index contributed by atoms with van der Waals surface area (Å²) in [6, 6.07) is 0. The molecule has 0 bridgehead atoms. The Morgan fingerprint density at radius 3 is 2.67 bits per heavy atom. The quantitative estimate of drug-likeness (QED) is 0.400. The highest BCUT2D eigenvalue weighted by molar-refractivity contribution is 5.46. The number of amides is 1. The van der Waals surface area contributed by atoms with Gasteiger partial charge in [-0.1, -0.05) is 0 Å². The van der Waals surface area contributed by atoms with Gasteiger partial charge in [0.2, 0.25) is 6.41 Å². The maximum absolute atomic E-state index is 9.80. The Bertz CT molecular complexity index is 76.6. The van der Waals surface area contributed by atoms with Crippen molar-refractivity contribution in [3.05, 3.63) is 0 Å². The molecule has 1 unspecified atom stereocenters. The predicted molar refractivity (Wildman–Crippen MR) is 31.9 cm³/mol. The van der Waals surface area contributed by atoms with Crippen LogP contribution in [0.2, 0.25) is 0 Å². The van der Waals surface area contributed by atoms with E-state index in [0.29, 0.717) is 13.0 Å². The molecule has 0 saturated heterocycles. The Morgan fingerprint density at radius 2 is 2.33 bits per heavy atom. The number of ether oxygens (including phenoxy) is 2. The molecule has 0 aromatic carbocycles. The number of rotatable bonds is 5. The lowest BCUT2D eigenvalue weighted by Crippen LogP contribution is -2.33. The number of nitrogens with one attached hydrogen (secondary N) is 1. The van der Waals surface area contributed by atoms with Gasteiger partial charge in [-0.15, -0.1) is 0 Å². The highest BCUT2D eigenvalue weighted by Crippen LogP contribution is 1.81. The molecule has 0 saturated carbocycles. The van der Waals surface area contributed by atoms with Gasteiger partial charge < -0.3 is 14.8 Å². The third-order valence-electron chi connectivity index (χ3n) is 0.856. The second kappa shape index (κ2) is 5.53. The topological polar surface area (TPSA) is 47.6 Å². The van der Waals surface area contributed by atoms with E-state index >= 15 is 0 Å². The molecule has 0 rings (SSSR count). The van der Waals surface area contributed by atoms with Gasteiger partial charge in [-0.25, -0.2) is 0 Å². The fourth-order valence-electron chi connectivity index (χ4n) is 0.411. The Balaban J connectivity index is 3.28. The molecule has 4 heteroatoms. The minimum absolute atomic E-state index is 0.326. The molecule has 1 N–H and O–H groups in total. The Labute approximate surface area is 54.1 Å². The molecular weight excluding hydrogens is 122 g/mol. The van der Waals surface area contributed by atoms with Gasteiger partial charge in [0, 0.05) is 14.2 Å². The summed E-state index contributed by atoms with van der Waals surface area (Å²) in [5.41, 5.74) is 0. The van der Waals surface area contributed by atoms with E-state index in [4.69, 9.17) is 9.47 Å². The average Bonchev–Trinajstić information content (AvgIpc) is 1.88. The van der Waals surface area contributed by atoms with Crippen LogP contribution in [0, 0.1) is 0 Å². The summed E-state index contributed by atoms with van der Waals surface area (Å²) in [7, 11) is 3.04. The summed E-state index contributed by atoms with van der Waals surface area (Å²) in [5.74, 6) is 0. The lowest BCUT2D eigenvalue weighted by atomic mass is 10.6. The van der Waals surface area contributed by atoms with E-state index in [1.807, 2.05) is 0 Å². The smallest absolute Gasteiger partial charge is 0.209 e. The average molecular weight is 133 g/mol. The summed E-state index contributed by atoms with van der Waals surface area (Å²) < 4.78 is 9.46. The summed E-state index contributed by atoms with van der Waals surface area (Å²) in [5, 5.41) is 2.41. The molecular formula is C5H11NO3. The molecule has 0 fully saturated rings. The van der Waals surface area contributed by atoms with E-state index in [1.54, 1.807) is 7.11 Å². The van der Waals surface area contributed by atoms with Crippen LogP contribution in [0.1, 0.15) is 0 Å². The van der Waals surface area contributed by atoms with E-state index < -0.39 is 0 Å². The first-order valence-electron chi connectivity index (χ1n) is 2.56. The number of methoxy groups -OCH3 is 2. The number of carbonyl (C=O) groups excluding carboxylic acids is 1. The zero-order chi connectivity index (χ0) is 7.11. The van der Waals surface area contributed by atoms with E-state index in [9.17, 15) is 4.79 Å². The summed E-state index contributed by atoms with van der Waals surface area (Å²) in [6.07, 6.45) is 0.250. The second-order valence-corrected chi connectivity index (χ2v) is 1.46. The van der Waals surface area contributed by atoms with Gasteiger partial charge in [-0.05, 0) is 0 Å². The van der Waals surface area contributed by atoms with Crippen molar-refractivity contribution < 1.29 is 14.3 Å². The molecule has 54 valence electrons. The molecule has 4 nitrogen and oxygen atoms in total. The molecule has 0 aliphatic heterocycles. The summed E-state index contributed by atoms with van der Waals surface area (Å²) in [4.78, 5) is 9.80. The third kappa shape index (κ3) is 3.93. The highest BCUT2D eigenvalue weighted by atomic mass is 16.5. The van der Waals surface area contributed by atoms with Crippen molar-refractivity contribution in [3.63, 3.8) is 0 Å². The van der Waals surface area contributed by atoms with Crippen molar-refractivity contribution in [1.82, 2.24) is 5.32 Å². The Hall–Kier alpha value is -0.610. The minimum atomic E-state index is -0.326. The molecule has 0 aromatic rings. The largest absolute Gasteiger partial charge is 0.380 e. The van der Waals surface area contributed by atoms with Crippen molar-refractivity contribution in [2.75, 3.05) is 20.8 Å². The zero-order valence-electron chi connectivity index (χ0n) is 5.59. The van der Waals surface area contributed by atoms with Crippen LogP contribution in [0.3, 0.4) is 0 Å². The van der Waals surface area contributed by atoms with Crippen molar-refractivity contribution in [1.29, 1.82) is 0 Å². The van der Waals surface area contributed by atoms with Crippen LogP contribution in [0.25, 0.3) is 0 Å². The van der Waals surface area contributed by atoms with Crippen LogP contribution < -0.4 is 5.32 Å². The van der Waals surface area contributed by atoms with Crippen molar-refractivity contribution in [2.45, 2.75) is 6.23 Å². The van der Waals surface area contributed by atoms with Crippen molar-refractivity contribution >= 4 is 6.41 Å². The van der Waals surface area contributed by atoms with E-state index in [1.165, 1.54) is 7.11 Å². The number of carbonyl (C=O) groups is 1. The van der Waals surface area contributed by atoms with Crippen LogP contribution >= 0.6 is 0 Å². The van der Waals surface area contributed by atoms with Gasteiger partial charge >= 0.3 is 0 Å². The lowest BCUT2D eigenvalue weighted by molar-refractivity contribution is -0.114. The second-order valence-electron chi connectivity index (χ2n) is 1.46. The van der Waals surface area contributed by atoms with Crippen LogP contribution in [0.4, 0.5) is 0 Å². The molecule has 0 heterocycles. The molecule has 0 aromatic heterocycles. The summed E-state index contributed by atoms with van der Waals surface area (Å²) >= 11 is 0. The van der Waals surface area contributed by atoms with Gasteiger partial charge in [-0.3, -0.25) is 4.79 Å². The maximum Gasteiger partial charge on any atom is 0.209 e. The maximum atomic E-state index is 9.80. The van der Waals surface area contributed by atoms with E-state index in [-0.39, 0.29) is 6.23 Å². The first-order chi connectivity index (χ1) is 4.35. The van der Waals surface area contributed by atoms with Gasteiger partial charge in [0.1, 0.15) is 0 Å². The number of hydrogen-bond acceptors (Lipinski definition) is 3. The van der Waals surface area contributed by atoms with Crippen LogP contribution in [-0.2, 0) is 14.3 Å². The SMILES string of the molecule is COCC(NC=O)OC. The lowest BCUT2D eigenvalue weighted by Gasteiger charge is -2.11. The van der Waals surface area contributed by atoms with Crippen molar-refractivity contribution in [3.8, 4) is 0 Å². The van der Waals surface area contributed by atoms with E-state index in [2.05, 4.69) is 5.32 Å². The minimum Gasteiger partial charge on any atom is -0.380 e. The zero-order valence-corrected chi connectivity index (χ0v) is 5.59. The molecule has 0 aliphatic carbocycles. The molecule has 1 amide bonds. The summed E-state index contributed by atoms with van der Waals surface area (Å²) in [6.45, 7) is 0.370. The fourth-order valence-corrected chi connectivity index (χ4v) is 0.411. The first kappa shape index (κ1) is 8.39. The van der Waals surface area contributed by atoms with Crippen LogP contribution in [0.5, 0.6) is 0 Å². The van der Waals surface area contributed by atoms with Gasteiger partial charge in [0.05, 0.1) is 6.61 Å². The molecule has 0 radical (unpaired) electrons. The number of hydrogen-bond donors (Lipinski definition) is 1.